The average Bonchev–Trinajstić information content (AvgIpc) is 3.19. The quantitative estimate of drug-likeness (QED) is 0.0392. The van der Waals surface area contributed by atoms with Crippen LogP contribution >= 0.6 is 0 Å². The first-order valence-corrected chi connectivity index (χ1v) is 20.9. The third-order valence-electron chi connectivity index (χ3n) is 9.99. The minimum atomic E-state index is -1.79. The third kappa shape index (κ3) is 18.7. The van der Waals surface area contributed by atoms with Gasteiger partial charge in [-0.25, -0.2) is 0 Å². The van der Waals surface area contributed by atoms with Gasteiger partial charge in [-0.2, -0.15) is 0 Å². The normalized spacial score (nSPS) is 29.9. The molecule has 14 nitrogen and oxygen atoms in total. The number of allylic oxidation sites excluding steroid dienone is 7. The van der Waals surface area contributed by atoms with Crippen LogP contribution in [0.4, 0.5) is 0 Å². The maximum absolute atomic E-state index is 12.9. The molecular formula is C42H73NO13. The van der Waals surface area contributed by atoms with Gasteiger partial charge in [-0.05, 0) is 51.4 Å². The number of carbonyl (C=O) groups is 1. The number of hydrogen-bond donors (Lipinski definition) is 9. The van der Waals surface area contributed by atoms with Crippen LogP contribution in [0.2, 0.25) is 0 Å². The highest BCUT2D eigenvalue weighted by molar-refractivity contribution is 5.76. The summed E-state index contributed by atoms with van der Waals surface area (Å²) in [4.78, 5) is 12.9. The van der Waals surface area contributed by atoms with Gasteiger partial charge in [-0.3, -0.25) is 4.79 Å². The lowest BCUT2D eigenvalue weighted by atomic mass is 9.97. The Labute approximate surface area is 333 Å². The van der Waals surface area contributed by atoms with E-state index in [1.165, 1.54) is 25.7 Å². The molecule has 2 saturated heterocycles. The number of carbonyl (C=O) groups excluding carboxylic acids is 1. The predicted molar refractivity (Wildman–Crippen MR) is 212 cm³/mol. The second kappa shape index (κ2) is 30.1. The first-order chi connectivity index (χ1) is 27.1. The summed E-state index contributed by atoms with van der Waals surface area (Å²) in [6.07, 6.45) is 15.6. The van der Waals surface area contributed by atoms with Crippen LogP contribution in [0.1, 0.15) is 117 Å². The molecule has 0 radical (unpaired) electrons. The molecule has 0 spiro atoms. The van der Waals surface area contributed by atoms with Crippen molar-refractivity contribution in [2.24, 2.45) is 0 Å². The molecule has 14 heteroatoms. The summed E-state index contributed by atoms with van der Waals surface area (Å²) >= 11 is 0. The molecule has 324 valence electrons. The van der Waals surface area contributed by atoms with Gasteiger partial charge in [0.05, 0.1) is 32.0 Å². The highest BCUT2D eigenvalue weighted by Crippen LogP contribution is 2.29. The Kier molecular flexibility index (Phi) is 26.9. The molecule has 2 aliphatic rings. The van der Waals surface area contributed by atoms with E-state index in [0.29, 0.717) is 12.8 Å². The molecule has 56 heavy (non-hydrogen) atoms. The predicted octanol–water partition coefficient (Wildman–Crippen LogP) is 2.98. The lowest BCUT2D eigenvalue weighted by Gasteiger charge is -2.46. The van der Waals surface area contributed by atoms with Crippen LogP contribution in [0.5, 0.6) is 0 Å². The van der Waals surface area contributed by atoms with E-state index in [2.05, 4.69) is 48.7 Å². The largest absolute Gasteiger partial charge is 0.394 e. The summed E-state index contributed by atoms with van der Waals surface area (Å²) in [5.41, 5.74) is 0. The van der Waals surface area contributed by atoms with E-state index in [1.54, 1.807) is 12.2 Å². The van der Waals surface area contributed by atoms with Crippen LogP contribution in [0.25, 0.3) is 0 Å². The molecule has 12 unspecified atom stereocenters. The van der Waals surface area contributed by atoms with E-state index in [9.17, 15) is 45.6 Å². The fraction of sp³-hybridized carbons (Fsp3) is 0.786. The molecule has 2 aliphatic heterocycles. The monoisotopic (exact) mass is 800 g/mol. The van der Waals surface area contributed by atoms with Crippen molar-refractivity contribution in [1.29, 1.82) is 0 Å². The molecule has 0 aromatic rings. The van der Waals surface area contributed by atoms with E-state index in [0.717, 1.165) is 57.8 Å². The van der Waals surface area contributed by atoms with Gasteiger partial charge in [0.1, 0.15) is 48.8 Å². The number of unbranched alkanes of at least 4 members (excludes halogenated alkanes) is 10. The summed E-state index contributed by atoms with van der Waals surface area (Å²) in [7, 11) is 0. The molecule has 0 bridgehead atoms. The number of aliphatic hydroxyl groups excluding tert-OH is 8. The highest BCUT2D eigenvalue weighted by atomic mass is 16.7. The molecular weight excluding hydrogens is 726 g/mol. The van der Waals surface area contributed by atoms with E-state index in [4.69, 9.17) is 18.9 Å². The van der Waals surface area contributed by atoms with Crippen molar-refractivity contribution in [3.8, 4) is 0 Å². The summed E-state index contributed by atoms with van der Waals surface area (Å²) in [6.45, 7) is 2.48. The molecule has 2 fully saturated rings. The van der Waals surface area contributed by atoms with Crippen LogP contribution in [0, 0.1) is 0 Å². The molecule has 2 rings (SSSR count). The van der Waals surface area contributed by atoms with Gasteiger partial charge in [0, 0.05) is 6.42 Å². The van der Waals surface area contributed by atoms with Crippen LogP contribution in [-0.2, 0) is 23.7 Å². The third-order valence-corrected chi connectivity index (χ3v) is 9.99. The van der Waals surface area contributed by atoms with Gasteiger partial charge < -0.3 is 65.1 Å². The van der Waals surface area contributed by atoms with Crippen LogP contribution in [0.15, 0.2) is 48.6 Å². The number of ether oxygens (including phenoxy) is 4. The van der Waals surface area contributed by atoms with Crippen LogP contribution in [-0.4, -0.2) is 140 Å². The summed E-state index contributed by atoms with van der Waals surface area (Å²) in [6, 6.07) is -0.917. The average molecular weight is 800 g/mol. The van der Waals surface area contributed by atoms with Crippen molar-refractivity contribution in [3.63, 3.8) is 0 Å². The van der Waals surface area contributed by atoms with Crippen molar-refractivity contribution in [2.45, 2.75) is 190 Å². The van der Waals surface area contributed by atoms with Crippen LogP contribution in [0.3, 0.4) is 0 Å². The molecule has 2 heterocycles. The zero-order valence-electron chi connectivity index (χ0n) is 33.6. The van der Waals surface area contributed by atoms with E-state index in [-0.39, 0.29) is 18.9 Å². The Morgan fingerprint density at radius 3 is 1.84 bits per heavy atom. The highest BCUT2D eigenvalue weighted by Gasteiger charge is 2.50. The minimum Gasteiger partial charge on any atom is -0.394 e. The van der Waals surface area contributed by atoms with Gasteiger partial charge in [0.2, 0.25) is 5.91 Å². The van der Waals surface area contributed by atoms with E-state index in [1.807, 2.05) is 6.92 Å². The topological polar surface area (TPSA) is 228 Å². The maximum Gasteiger partial charge on any atom is 0.220 e. The maximum atomic E-state index is 12.9. The fourth-order valence-electron chi connectivity index (χ4n) is 6.48. The minimum absolute atomic E-state index is 0.262. The molecule has 0 saturated carbocycles. The first kappa shape index (κ1) is 50.1. The van der Waals surface area contributed by atoms with Crippen molar-refractivity contribution in [3.05, 3.63) is 48.6 Å². The standard InChI is InChI=1S/C42H73NO13/c1-3-5-7-8-9-10-11-12-13-14-15-16-17-18-19-20-21-22-24-26-34(47)43-30(31(46)25-23-6-4-2)29-53-41-39(52)37(50)40(33(28-45)55-41)56-42-38(51)36(49)35(48)32(27-44)54-42/h9-10,12-13,15-16,23,25,30-33,35-42,44-46,48-52H,3-8,11,14,17-22,24,26-29H2,1-2H3,(H,43,47)/b10-9-,13-12-,16-15-,25-23+. The summed E-state index contributed by atoms with van der Waals surface area (Å²) in [5.74, 6) is -0.268. The number of rotatable bonds is 29. The van der Waals surface area contributed by atoms with Crippen molar-refractivity contribution < 1.29 is 64.6 Å². The number of amides is 1. The molecule has 1 amide bonds. The Bertz CT molecular complexity index is 1130. The smallest absolute Gasteiger partial charge is 0.220 e. The summed E-state index contributed by atoms with van der Waals surface area (Å²) < 4.78 is 22.4. The Hall–Kier alpha value is -2.05. The number of aliphatic hydroxyl groups is 8. The van der Waals surface area contributed by atoms with Gasteiger partial charge in [-0.15, -0.1) is 0 Å². The van der Waals surface area contributed by atoms with Crippen molar-refractivity contribution in [1.82, 2.24) is 5.32 Å². The van der Waals surface area contributed by atoms with Crippen molar-refractivity contribution in [2.75, 3.05) is 19.8 Å². The Morgan fingerprint density at radius 1 is 0.643 bits per heavy atom. The lowest BCUT2D eigenvalue weighted by Crippen LogP contribution is -2.65. The zero-order chi connectivity index (χ0) is 41.1. The molecule has 9 N–H and O–H groups in total. The molecule has 0 aromatic carbocycles. The van der Waals surface area contributed by atoms with Crippen molar-refractivity contribution >= 4 is 5.91 Å². The van der Waals surface area contributed by atoms with Gasteiger partial charge in [0.25, 0.3) is 0 Å². The fourth-order valence-corrected chi connectivity index (χ4v) is 6.48. The van der Waals surface area contributed by atoms with E-state index < -0.39 is 86.8 Å². The van der Waals surface area contributed by atoms with Gasteiger partial charge in [0.15, 0.2) is 12.6 Å². The summed E-state index contributed by atoms with van der Waals surface area (Å²) in [5, 5.41) is 85.5. The SMILES string of the molecule is CCC/C=C/C(O)C(COC1OC(CO)C(OC2OC(CO)C(O)C(O)C2O)C(O)C1O)NC(=O)CCCCCCCC/C=C\C/C=C\C/C=C\CCCCC. The Morgan fingerprint density at radius 2 is 1.21 bits per heavy atom. The van der Waals surface area contributed by atoms with Gasteiger partial charge in [-0.1, -0.05) is 107 Å². The van der Waals surface area contributed by atoms with E-state index >= 15 is 0 Å². The van der Waals surface area contributed by atoms with Crippen LogP contribution < -0.4 is 5.32 Å². The first-order valence-electron chi connectivity index (χ1n) is 20.9. The number of hydrogen-bond acceptors (Lipinski definition) is 13. The number of nitrogens with one attached hydrogen (secondary N) is 1. The molecule has 0 aromatic heterocycles. The van der Waals surface area contributed by atoms with Gasteiger partial charge >= 0.3 is 0 Å². The second-order valence-corrected chi connectivity index (χ2v) is 14.8. The lowest BCUT2D eigenvalue weighted by molar-refractivity contribution is -0.359. The zero-order valence-corrected chi connectivity index (χ0v) is 33.6. The molecule has 12 atom stereocenters. The second-order valence-electron chi connectivity index (χ2n) is 14.8. The molecule has 0 aliphatic carbocycles. The Balaban J connectivity index is 1.76.